The van der Waals surface area contributed by atoms with Gasteiger partial charge in [0.2, 0.25) is 0 Å². The van der Waals surface area contributed by atoms with Crippen molar-refractivity contribution >= 4 is 23.5 Å². The maximum absolute atomic E-state index is 13.1. The van der Waals surface area contributed by atoms with E-state index in [1.54, 1.807) is 4.90 Å². The first-order chi connectivity index (χ1) is 13.5. The number of carboxylic acid groups (broad SMARTS) is 1. The van der Waals surface area contributed by atoms with Gasteiger partial charge in [-0.15, -0.1) is 0 Å². The van der Waals surface area contributed by atoms with Crippen LogP contribution in [0.3, 0.4) is 0 Å². The van der Waals surface area contributed by atoms with Gasteiger partial charge < -0.3 is 10.4 Å². The van der Waals surface area contributed by atoms with Gasteiger partial charge in [0, 0.05) is 18.8 Å². The summed E-state index contributed by atoms with van der Waals surface area (Å²) < 4.78 is 0. The van der Waals surface area contributed by atoms with Gasteiger partial charge in [-0.25, -0.2) is 9.69 Å². The predicted molar refractivity (Wildman–Crippen MR) is 103 cm³/mol. The molecule has 4 rings (SSSR count). The van der Waals surface area contributed by atoms with Crippen molar-refractivity contribution in [1.82, 2.24) is 15.1 Å². The fraction of sp³-hybridized carbons (Fsp3) is 0.381. The number of imide groups is 1. The molecule has 0 unspecified atom stereocenters. The molecule has 28 heavy (non-hydrogen) atoms. The Morgan fingerprint density at radius 2 is 1.79 bits per heavy atom. The second kappa shape index (κ2) is 7.24. The van der Waals surface area contributed by atoms with Crippen LogP contribution in [0.15, 0.2) is 48.2 Å². The van der Waals surface area contributed by atoms with Gasteiger partial charge >= 0.3 is 12.0 Å². The van der Waals surface area contributed by atoms with Crippen molar-refractivity contribution in [2.75, 3.05) is 19.6 Å². The summed E-state index contributed by atoms with van der Waals surface area (Å²) >= 11 is 0. The minimum Gasteiger partial charge on any atom is -0.480 e. The van der Waals surface area contributed by atoms with Crippen LogP contribution in [0.5, 0.6) is 0 Å². The largest absolute Gasteiger partial charge is 0.480 e. The molecule has 1 aromatic carbocycles. The van der Waals surface area contributed by atoms with Crippen LogP contribution in [0, 0.1) is 0 Å². The summed E-state index contributed by atoms with van der Waals surface area (Å²) in [6.07, 6.45) is 6.10. The summed E-state index contributed by atoms with van der Waals surface area (Å²) in [7, 11) is 0. The van der Waals surface area contributed by atoms with Crippen molar-refractivity contribution in [3.8, 4) is 0 Å². The lowest BCUT2D eigenvalue weighted by Crippen LogP contribution is -2.55. The van der Waals surface area contributed by atoms with Gasteiger partial charge in [-0.05, 0) is 42.9 Å². The zero-order valence-corrected chi connectivity index (χ0v) is 15.6. The van der Waals surface area contributed by atoms with Crippen molar-refractivity contribution in [2.45, 2.75) is 31.2 Å². The standard InChI is InChI=1S/C21H23N3O4/c25-18(26)14-23-12-10-21(11-13-23)19(27)24(20(28)22-21)17-8-6-16(7-9-17)15-4-2-1-3-5-15/h1-6,8H,7,9-14H2,(H,22,28)(H,25,26). The predicted octanol–water partition coefficient (Wildman–Crippen LogP) is 2.22. The lowest BCUT2D eigenvalue weighted by atomic mass is 9.87. The average molecular weight is 381 g/mol. The quantitative estimate of drug-likeness (QED) is 0.781. The molecule has 0 atom stereocenters. The monoisotopic (exact) mass is 381 g/mol. The molecule has 3 amide bonds. The van der Waals surface area contributed by atoms with E-state index in [4.69, 9.17) is 5.11 Å². The topological polar surface area (TPSA) is 89.9 Å². The molecule has 7 heteroatoms. The number of nitrogens with zero attached hydrogens (tertiary/aromatic N) is 2. The lowest BCUT2D eigenvalue weighted by Gasteiger charge is -2.36. The molecule has 0 bridgehead atoms. The first-order valence-corrected chi connectivity index (χ1v) is 9.54. The Morgan fingerprint density at radius 3 is 2.39 bits per heavy atom. The molecule has 2 N–H and O–H groups in total. The number of rotatable bonds is 4. The van der Waals surface area contributed by atoms with E-state index >= 15 is 0 Å². The molecule has 2 fully saturated rings. The molecule has 0 aromatic heterocycles. The molecule has 0 saturated carbocycles. The van der Waals surface area contributed by atoms with Crippen LogP contribution in [-0.2, 0) is 9.59 Å². The molecule has 1 spiro atoms. The Labute approximate surface area is 163 Å². The molecule has 146 valence electrons. The van der Waals surface area contributed by atoms with Gasteiger partial charge in [-0.3, -0.25) is 14.5 Å². The number of carbonyl (C=O) groups is 3. The SMILES string of the molecule is O=C(O)CN1CCC2(CC1)NC(=O)N(C1=CC=C(c3ccccc3)CC1)C2=O. The minimum atomic E-state index is -0.906. The third-order valence-corrected chi connectivity index (χ3v) is 5.79. The Hall–Kier alpha value is -2.93. The number of aliphatic carboxylic acids is 1. The number of amides is 3. The number of piperidine rings is 1. The molecule has 2 heterocycles. The van der Waals surface area contributed by atoms with Gasteiger partial charge in [-0.2, -0.15) is 0 Å². The molecule has 7 nitrogen and oxygen atoms in total. The fourth-order valence-corrected chi connectivity index (χ4v) is 4.21. The van der Waals surface area contributed by atoms with Crippen LogP contribution < -0.4 is 5.32 Å². The number of carbonyl (C=O) groups excluding carboxylic acids is 2. The minimum absolute atomic E-state index is 0.0415. The lowest BCUT2D eigenvalue weighted by molar-refractivity contribution is -0.139. The Balaban J connectivity index is 1.49. The van der Waals surface area contributed by atoms with Crippen molar-refractivity contribution in [2.24, 2.45) is 0 Å². The smallest absolute Gasteiger partial charge is 0.329 e. The van der Waals surface area contributed by atoms with E-state index in [9.17, 15) is 14.4 Å². The van der Waals surface area contributed by atoms with Crippen LogP contribution in [0.1, 0.15) is 31.2 Å². The van der Waals surface area contributed by atoms with Gasteiger partial charge in [-0.1, -0.05) is 36.4 Å². The highest BCUT2D eigenvalue weighted by molar-refractivity contribution is 6.08. The van der Waals surface area contributed by atoms with Crippen LogP contribution >= 0.6 is 0 Å². The van der Waals surface area contributed by atoms with Crippen molar-refractivity contribution in [1.29, 1.82) is 0 Å². The Kier molecular flexibility index (Phi) is 4.77. The molecule has 0 radical (unpaired) electrons. The third kappa shape index (κ3) is 3.33. The second-order valence-electron chi connectivity index (χ2n) is 7.54. The maximum atomic E-state index is 13.1. The fourth-order valence-electron chi connectivity index (χ4n) is 4.21. The average Bonchev–Trinajstić information content (AvgIpc) is 2.94. The Morgan fingerprint density at radius 1 is 1.07 bits per heavy atom. The molecule has 2 aliphatic heterocycles. The second-order valence-corrected chi connectivity index (χ2v) is 7.54. The van der Waals surface area contributed by atoms with Crippen LogP contribution in [0.2, 0.25) is 0 Å². The summed E-state index contributed by atoms with van der Waals surface area (Å²) in [5, 5.41) is 11.8. The van der Waals surface area contributed by atoms with Crippen molar-refractivity contribution in [3.63, 3.8) is 0 Å². The first-order valence-electron chi connectivity index (χ1n) is 9.54. The molecule has 1 aliphatic carbocycles. The number of carboxylic acids is 1. The van der Waals surface area contributed by atoms with E-state index < -0.39 is 11.5 Å². The van der Waals surface area contributed by atoms with E-state index in [-0.39, 0.29) is 18.5 Å². The maximum Gasteiger partial charge on any atom is 0.329 e. The van der Waals surface area contributed by atoms with Crippen molar-refractivity contribution < 1.29 is 19.5 Å². The van der Waals surface area contributed by atoms with Gasteiger partial charge in [0.05, 0.1) is 6.54 Å². The molecule has 2 saturated heterocycles. The molecule has 1 aromatic rings. The highest BCUT2D eigenvalue weighted by atomic mass is 16.4. The number of likely N-dealkylation sites (tertiary alicyclic amines) is 1. The summed E-state index contributed by atoms with van der Waals surface area (Å²) in [5.74, 6) is -1.09. The van der Waals surface area contributed by atoms with E-state index in [2.05, 4.69) is 17.4 Å². The highest BCUT2D eigenvalue weighted by Gasteiger charge is 2.53. The summed E-state index contributed by atoms with van der Waals surface area (Å²) in [5.41, 5.74) is 2.15. The first kappa shape index (κ1) is 18.4. The van der Waals surface area contributed by atoms with E-state index in [0.29, 0.717) is 38.0 Å². The number of hydrogen-bond acceptors (Lipinski definition) is 4. The number of nitrogens with one attached hydrogen (secondary N) is 1. The van der Waals surface area contributed by atoms with Crippen LogP contribution in [0.25, 0.3) is 5.57 Å². The Bertz CT molecular complexity index is 867. The number of benzene rings is 1. The van der Waals surface area contributed by atoms with Crippen LogP contribution in [0.4, 0.5) is 4.79 Å². The normalized spacial score (nSPS) is 22.1. The van der Waals surface area contributed by atoms with E-state index in [0.717, 1.165) is 12.0 Å². The molecular formula is C21H23N3O4. The van der Waals surface area contributed by atoms with Crippen molar-refractivity contribution in [3.05, 3.63) is 53.7 Å². The number of allylic oxidation sites excluding steroid dienone is 4. The summed E-state index contributed by atoms with van der Waals surface area (Å²) in [4.78, 5) is 39.7. The van der Waals surface area contributed by atoms with Gasteiger partial charge in [0.1, 0.15) is 5.54 Å². The zero-order chi connectivity index (χ0) is 19.7. The van der Waals surface area contributed by atoms with E-state index in [1.165, 1.54) is 10.5 Å². The van der Waals surface area contributed by atoms with E-state index in [1.807, 2.05) is 30.4 Å². The summed E-state index contributed by atoms with van der Waals surface area (Å²) in [6.45, 7) is 0.909. The van der Waals surface area contributed by atoms with Gasteiger partial charge in [0.15, 0.2) is 0 Å². The summed E-state index contributed by atoms with van der Waals surface area (Å²) in [6, 6.07) is 9.69. The van der Waals surface area contributed by atoms with Crippen LogP contribution in [-0.4, -0.2) is 58.0 Å². The van der Waals surface area contributed by atoms with Gasteiger partial charge in [0.25, 0.3) is 5.91 Å². The number of urea groups is 1. The highest BCUT2D eigenvalue weighted by Crippen LogP contribution is 2.35. The third-order valence-electron chi connectivity index (χ3n) is 5.79. The number of hydrogen-bond donors (Lipinski definition) is 2. The molecular weight excluding hydrogens is 358 g/mol. The zero-order valence-electron chi connectivity index (χ0n) is 15.6. The molecule has 3 aliphatic rings.